The van der Waals surface area contributed by atoms with Gasteiger partial charge in [-0.15, -0.1) is 0 Å². The average Bonchev–Trinajstić information content (AvgIpc) is 2.98. The molecule has 0 fully saturated rings. The molecule has 0 N–H and O–H groups in total. The van der Waals surface area contributed by atoms with Gasteiger partial charge in [0.05, 0.1) is 23.4 Å². The monoisotopic (exact) mass is 406 g/mol. The Balaban J connectivity index is 2.10. The summed E-state index contributed by atoms with van der Waals surface area (Å²) in [5.74, 6) is -2.13. The minimum atomic E-state index is -0.961. The lowest BCUT2D eigenvalue weighted by molar-refractivity contribution is 0.0988. The summed E-state index contributed by atoms with van der Waals surface area (Å²) in [4.78, 5) is 16.8. The van der Waals surface area contributed by atoms with Crippen LogP contribution in [-0.4, -0.2) is 30.3 Å². The first kappa shape index (κ1) is 20.2. The largest absolute Gasteiger partial charge is 0.494 e. The van der Waals surface area contributed by atoms with Crippen molar-refractivity contribution in [2.45, 2.75) is 20.4 Å². The maximum atomic E-state index is 13.9. The number of ether oxygens (including phenoxy) is 2. The summed E-state index contributed by atoms with van der Waals surface area (Å²) in [6.07, 6.45) is 0. The van der Waals surface area contributed by atoms with Crippen molar-refractivity contribution in [3.63, 3.8) is 0 Å². The first-order chi connectivity index (χ1) is 13.5. The van der Waals surface area contributed by atoms with Gasteiger partial charge in [0.2, 0.25) is 0 Å². The molecular formula is C20H20F2N2O3S. The van der Waals surface area contributed by atoms with E-state index in [1.165, 1.54) is 17.4 Å². The van der Waals surface area contributed by atoms with Crippen molar-refractivity contribution in [1.82, 2.24) is 4.57 Å². The number of carbonyl (C=O) groups excluding carboxylic acids is 1. The molecule has 8 heteroatoms. The van der Waals surface area contributed by atoms with Crippen LogP contribution >= 0.6 is 11.3 Å². The molecule has 1 aromatic heterocycles. The number of nitrogens with zero attached hydrogens (tertiary/aromatic N) is 2. The van der Waals surface area contributed by atoms with Gasteiger partial charge in [0.1, 0.15) is 22.9 Å². The van der Waals surface area contributed by atoms with E-state index in [-0.39, 0.29) is 0 Å². The summed E-state index contributed by atoms with van der Waals surface area (Å²) < 4.78 is 41.5. The first-order valence-electron chi connectivity index (χ1n) is 8.92. The molecule has 0 spiro atoms. The summed E-state index contributed by atoms with van der Waals surface area (Å²) in [5, 5.41) is 0. The summed E-state index contributed by atoms with van der Waals surface area (Å²) in [6, 6.07) is 8.84. The molecule has 5 nitrogen and oxygen atoms in total. The highest BCUT2D eigenvalue weighted by molar-refractivity contribution is 7.16. The molecule has 0 aliphatic heterocycles. The Morgan fingerprint density at radius 1 is 1.14 bits per heavy atom. The SMILES string of the molecule is CCOCCn1c(=NC(=O)c2c(F)cccc2F)sc2cc(OCC)ccc21. The van der Waals surface area contributed by atoms with Crippen molar-refractivity contribution in [2.75, 3.05) is 19.8 Å². The number of aromatic nitrogens is 1. The van der Waals surface area contributed by atoms with Gasteiger partial charge in [-0.2, -0.15) is 4.99 Å². The van der Waals surface area contributed by atoms with Gasteiger partial charge in [-0.1, -0.05) is 17.4 Å². The van der Waals surface area contributed by atoms with E-state index in [9.17, 15) is 13.6 Å². The highest BCUT2D eigenvalue weighted by Gasteiger charge is 2.17. The Labute approximate surface area is 164 Å². The van der Waals surface area contributed by atoms with Crippen LogP contribution in [0.1, 0.15) is 24.2 Å². The molecule has 0 atom stereocenters. The van der Waals surface area contributed by atoms with Crippen LogP contribution in [0.2, 0.25) is 0 Å². The number of thiazole rings is 1. The number of halogens is 2. The fourth-order valence-electron chi connectivity index (χ4n) is 2.76. The first-order valence-corrected chi connectivity index (χ1v) is 9.73. The number of amides is 1. The third kappa shape index (κ3) is 4.28. The standard InChI is InChI=1S/C20H20F2N2O3S/c1-3-26-11-10-24-16-9-8-13(27-4-2)12-17(16)28-20(24)23-19(25)18-14(21)6-5-7-15(18)22/h5-9,12H,3-4,10-11H2,1-2H3. The molecule has 2 aromatic carbocycles. The van der Waals surface area contributed by atoms with Crippen molar-refractivity contribution in [1.29, 1.82) is 0 Å². The fourth-order valence-corrected chi connectivity index (χ4v) is 3.84. The lowest BCUT2D eigenvalue weighted by Gasteiger charge is -2.06. The van der Waals surface area contributed by atoms with E-state index in [2.05, 4.69) is 4.99 Å². The molecule has 0 saturated heterocycles. The zero-order valence-electron chi connectivity index (χ0n) is 15.6. The second-order valence-corrected chi connectivity index (χ2v) is 6.82. The molecule has 28 heavy (non-hydrogen) atoms. The minimum Gasteiger partial charge on any atom is -0.494 e. The van der Waals surface area contributed by atoms with Crippen molar-refractivity contribution >= 4 is 27.5 Å². The maximum Gasteiger partial charge on any atom is 0.285 e. The second-order valence-electron chi connectivity index (χ2n) is 5.81. The summed E-state index contributed by atoms with van der Waals surface area (Å²) >= 11 is 1.25. The van der Waals surface area contributed by atoms with E-state index >= 15 is 0 Å². The molecule has 0 saturated carbocycles. The van der Waals surface area contributed by atoms with Crippen LogP contribution in [0, 0.1) is 11.6 Å². The third-order valence-electron chi connectivity index (χ3n) is 4.00. The molecule has 0 bridgehead atoms. The smallest absolute Gasteiger partial charge is 0.285 e. The topological polar surface area (TPSA) is 52.8 Å². The Bertz CT molecular complexity index is 1040. The van der Waals surface area contributed by atoms with E-state index in [0.29, 0.717) is 36.9 Å². The zero-order chi connectivity index (χ0) is 20.1. The predicted molar refractivity (Wildman–Crippen MR) is 104 cm³/mol. The van der Waals surface area contributed by atoms with Crippen LogP contribution in [0.3, 0.4) is 0 Å². The molecule has 0 unspecified atom stereocenters. The summed E-state index contributed by atoms with van der Waals surface area (Å²) in [5.41, 5.74) is 0.181. The van der Waals surface area contributed by atoms with Crippen LogP contribution in [-0.2, 0) is 11.3 Å². The maximum absolute atomic E-state index is 13.9. The van der Waals surface area contributed by atoms with Crippen molar-refractivity contribution in [3.8, 4) is 5.75 Å². The average molecular weight is 406 g/mol. The Morgan fingerprint density at radius 2 is 1.89 bits per heavy atom. The molecule has 0 radical (unpaired) electrons. The van der Waals surface area contributed by atoms with E-state index < -0.39 is 23.1 Å². The van der Waals surface area contributed by atoms with E-state index in [4.69, 9.17) is 9.47 Å². The summed E-state index contributed by atoms with van der Waals surface area (Å²) in [7, 11) is 0. The molecule has 3 aromatic rings. The quantitative estimate of drug-likeness (QED) is 0.554. The number of hydrogen-bond donors (Lipinski definition) is 0. The molecule has 0 aliphatic carbocycles. The Kier molecular flexibility index (Phi) is 6.53. The van der Waals surface area contributed by atoms with Gasteiger partial charge in [0.25, 0.3) is 5.91 Å². The van der Waals surface area contributed by atoms with Crippen molar-refractivity contribution in [3.05, 3.63) is 58.4 Å². The Hall–Kier alpha value is -2.58. The third-order valence-corrected chi connectivity index (χ3v) is 5.04. The second kappa shape index (κ2) is 9.07. The van der Waals surface area contributed by atoms with Gasteiger partial charge >= 0.3 is 0 Å². The van der Waals surface area contributed by atoms with Gasteiger partial charge in [-0.25, -0.2) is 8.78 Å². The Morgan fingerprint density at radius 3 is 2.57 bits per heavy atom. The number of fused-ring (bicyclic) bond motifs is 1. The highest BCUT2D eigenvalue weighted by Crippen LogP contribution is 2.24. The van der Waals surface area contributed by atoms with Gasteiger partial charge in [0, 0.05) is 13.2 Å². The van der Waals surface area contributed by atoms with Crippen LogP contribution in [0.4, 0.5) is 8.78 Å². The van der Waals surface area contributed by atoms with Gasteiger partial charge in [0.15, 0.2) is 4.80 Å². The number of rotatable bonds is 7. The number of benzene rings is 2. The van der Waals surface area contributed by atoms with E-state index in [1.54, 1.807) is 0 Å². The lowest BCUT2D eigenvalue weighted by atomic mass is 10.2. The van der Waals surface area contributed by atoms with Crippen molar-refractivity contribution in [2.24, 2.45) is 4.99 Å². The van der Waals surface area contributed by atoms with E-state index in [1.807, 2.05) is 36.6 Å². The molecule has 0 aliphatic rings. The highest BCUT2D eigenvalue weighted by atomic mass is 32.1. The van der Waals surface area contributed by atoms with Crippen LogP contribution in [0.15, 0.2) is 41.4 Å². The predicted octanol–water partition coefficient (Wildman–Crippen LogP) is 4.16. The van der Waals surface area contributed by atoms with Gasteiger partial charge in [-0.3, -0.25) is 4.79 Å². The van der Waals surface area contributed by atoms with Crippen LogP contribution in [0.5, 0.6) is 5.75 Å². The van der Waals surface area contributed by atoms with Crippen LogP contribution < -0.4 is 9.54 Å². The molecule has 1 amide bonds. The van der Waals surface area contributed by atoms with Crippen molar-refractivity contribution < 1.29 is 23.0 Å². The van der Waals surface area contributed by atoms with Gasteiger partial charge in [-0.05, 0) is 44.2 Å². The fraction of sp³-hybridized carbons (Fsp3) is 0.300. The number of carbonyl (C=O) groups is 1. The molecule has 3 rings (SSSR count). The zero-order valence-corrected chi connectivity index (χ0v) is 16.4. The molecular weight excluding hydrogens is 386 g/mol. The molecule has 1 heterocycles. The summed E-state index contributed by atoms with van der Waals surface area (Å²) in [6.45, 7) is 5.74. The lowest BCUT2D eigenvalue weighted by Crippen LogP contribution is -2.20. The number of hydrogen-bond acceptors (Lipinski definition) is 4. The minimum absolute atomic E-state index is 0.344. The van der Waals surface area contributed by atoms with Gasteiger partial charge < -0.3 is 14.0 Å². The normalized spacial score (nSPS) is 11.9. The molecule has 148 valence electrons. The van der Waals surface area contributed by atoms with Crippen LogP contribution in [0.25, 0.3) is 10.2 Å². The van der Waals surface area contributed by atoms with E-state index in [0.717, 1.165) is 22.3 Å².